The van der Waals surface area contributed by atoms with Crippen molar-refractivity contribution in [2.45, 2.75) is 44.4 Å². The number of piperidine rings is 1. The van der Waals surface area contributed by atoms with Crippen LogP contribution in [0.4, 0.5) is 4.39 Å². The first kappa shape index (κ1) is 32.3. The van der Waals surface area contributed by atoms with Crippen LogP contribution in [0.2, 0.25) is 0 Å². The smallest absolute Gasteiger partial charge is 0.305 e. The van der Waals surface area contributed by atoms with E-state index in [4.69, 9.17) is 14.2 Å². The number of hydrogen-bond acceptors (Lipinski definition) is 8. The van der Waals surface area contributed by atoms with E-state index in [2.05, 4.69) is 15.4 Å². The Hall–Kier alpha value is -5.13. The molecule has 1 fully saturated rings. The third-order valence-electron chi connectivity index (χ3n) is 7.90. The Balaban J connectivity index is 1.47. The molecule has 2 N–H and O–H groups in total. The van der Waals surface area contributed by atoms with Crippen molar-refractivity contribution >= 4 is 23.7 Å². The van der Waals surface area contributed by atoms with Crippen molar-refractivity contribution in [2.24, 2.45) is 0 Å². The molecule has 2 heterocycles. The zero-order valence-electron chi connectivity index (χ0n) is 25.7. The third kappa shape index (κ3) is 8.12. The van der Waals surface area contributed by atoms with Gasteiger partial charge in [-0.2, -0.15) is 0 Å². The Morgan fingerprint density at radius 3 is 2.65 bits per heavy atom. The molecule has 3 aromatic rings. The van der Waals surface area contributed by atoms with Crippen LogP contribution >= 0.6 is 0 Å². The van der Waals surface area contributed by atoms with Gasteiger partial charge in [0.05, 0.1) is 20.3 Å². The Morgan fingerprint density at radius 2 is 1.85 bits per heavy atom. The maximum absolute atomic E-state index is 14.7. The van der Waals surface area contributed by atoms with Crippen molar-refractivity contribution in [3.05, 3.63) is 77.6 Å². The molecule has 2 atom stereocenters. The highest BCUT2D eigenvalue weighted by atomic mass is 19.1. The van der Waals surface area contributed by atoms with Gasteiger partial charge in [-0.05, 0) is 60.0 Å². The van der Waals surface area contributed by atoms with Gasteiger partial charge in [-0.1, -0.05) is 12.1 Å². The average Bonchev–Trinajstić information content (AvgIpc) is 3.06. The van der Waals surface area contributed by atoms with E-state index in [1.165, 1.54) is 26.4 Å². The lowest BCUT2D eigenvalue weighted by Crippen LogP contribution is -2.58. The van der Waals surface area contributed by atoms with Gasteiger partial charge in [0.25, 0.3) is 11.8 Å². The number of nitrogens with one attached hydrogen (secondary N) is 2. The van der Waals surface area contributed by atoms with E-state index < -0.39 is 29.8 Å². The summed E-state index contributed by atoms with van der Waals surface area (Å²) < 4.78 is 36.9. The minimum Gasteiger partial charge on any atom is -0.496 e. The summed E-state index contributed by atoms with van der Waals surface area (Å²) in [5.74, 6) is -0.709. The maximum atomic E-state index is 14.7. The molecule has 6 bridgehead atoms. The van der Waals surface area contributed by atoms with Crippen LogP contribution in [-0.4, -0.2) is 74.7 Å². The summed E-state index contributed by atoms with van der Waals surface area (Å²) in [6, 6.07) is 15.6. The molecule has 11 nitrogen and oxygen atoms in total. The Kier molecular flexibility index (Phi) is 10.4. The van der Waals surface area contributed by atoms with E-state index in [-0.39, 0.29) is 50.2 Å². The van der Waals surface area contributed by atoms with Crippen molar-refractivity contribution < 1.29 is 42.5 Å². The molecule has 0 aliphatic carbocycles. The topological polar surface area (TPSA) is 132 Å². The van der Waals surface area contributed by atoms with Gasteiger partial charge in [0.15, 0.2) is 6.61 Å². The fourth-order valence-corrected chi connectivity index (χ4v) is 5.53. The maximum Gasteiger partial charge on any atom is 0.305 e. The first-order valence-corrected chi connectivity index (χ1v) is 15.0. The molecule has 2 aliphatic heterocycles. The van der Waals surface area contributed by atoms with Crippen molar-refractivity contribution in [3.63, 3.8) is 0 Å². The van der Waals surface area contributed by atoms with Crippen LogP contribution in [-0.2, 0) is 25.7 Å². The molecule has 0 saturated carbocycles. The van der Waals surface area contributed by atoms with Crippen molar-refractivity contribution in [1.82, 2.24) is 15.5 Å². The number of benzene rings is 3. The highest BCUT2D eigenvalue weighted by Gasteiger charge is 2.34. The van der Waals surface area contributed by atoms with Crippen molar-refractivity contribution in [1.29, 1.82) is 0 Å². The highest BCUT2D eigenvalue weighted by molar-refractivity contribution is 5.96. The number of fused-ring (bicyclic) bond motifs is 8. The van der Waals surface area contributed by atoms with Gasteiger partial charge in [0.2, 0.25) is 5.91 Å². The number of carbonyl (C=O) groups is 4. The number of rotatable bonds is 5. The number of nitrogens with zero attached hydrogens (tertiary/aromatic N) is 1. The van der Waals surface area contributed by atoms with E-state index in [1.807, 2.05) is 6.07 Å². The lowest BCUT2D eigenvalue weighted by Gasteiger charge is -2.39. The van der Waals surface area contributed by atoms with Gasteiger partial charge >= 0.3 is 5.97 Å². The van der Waals surface area contributed by atoms with E-state index in [0.717, 1.165) is 0 Å². The van der Waals surface area contributed by atoms with Gasteiger partial charge in [-0.25, -0.2) is 4.39 Å². The predicted molar refractivity (Wildman–Crippen MR) is 165 cm³/mol. The Bertz CT molecular complexity index is 1610. The SMILES string of the molecule is COC(=O)CCCC(=O)N1CC[C@H]2Oc3cc(F)cc(c3)CNC(=O)COc3cccc(c3)-c3cc(ccc3OC)C(=O)N[C@@H]2C1. The number of likely N-dealkylation sites (tertiary alicyclic amines) is 1. The Labute approximate surface area is 265 Å². The monoisotopic (exact) mass is 633 g/mol. The van der Waals surface area contributed by atoms with E-state index >= 15 is 0 Å². The normalized spacial score (nSPS) is 18.2. The number of methoxy groups -OCH3 is 2. The van der Waals surface area contributed by atoms with Crippen LogP contribution < -0.4 is 24.8 Å². The lowest BCUT2D eigenvalue weighted by molar-refractivity contribution is -0.141. The standard InChI is InChI=1S/C34H36FN3O8/c1-43-29-10-9-23-16-27(29)22-5-3-6-25(15-22)45-20-31(39)36-18-21-13-24(35)17-26(14-21)46-30-11-12-38(19-28(30)37-34(23)42)32(40)7-4-8-33(41)44-2/h3,5-6,9-10,13-17,28,30H,4,7-8,11-12,18-20H2,1-2H3,(H,36,39)(H,37,42)/t28-,30-/m1/s1. The number of halogens is 1. The second-order valence-electron chi connectivity index (χ2n) is 11.1. The molecule has 0 spiro atoms. The van der Waals surface area contributed by atoms with Gasteiger partial charge < -0.3 is 34.5 Å². The van der Waals surface area contributed by atoms with Crippen LogP contribution in [0.15, 0.2) is 60.7 Å². The number of esters is 1. The number of carbonyl (C=O) groups excluding carboxylic acids is 4. The van der Waals surface area contributed by atoms with Crippen LogP contribution in [0.5, 0.6) is 17.2 Å². The fourth-order valence-electron chi connectivity index (χ4n) is 5.53. The molecule has 0 aromatic heterocycles. The molecule has 2 aliphatic rings. The van der Waals surface area contributed by atoms with Gasteiger partial charge in [0.1, 0.15) is 29.2 Å². The zero-order chi connectivity index (χ0) is 32.6. The van der Waals surface area contributed by atoms with Crippen LogP contribution in [0.3, 0.4) is 0 Å². The lowest BCUT2D eigenvalue weighted by atomic mass is 9.98. The molecule has 1 saturated heterocycles. The molecule has 3 aromatic carbocycles. The second-order valence-corrected chi connectivity index (χ2v) is 11.1. The predicted octanol–water partition coefficient (Wildman–Crippen LogP) is 3.63. The van der Waals surface area contributed by atoms with Crippen molar-refractivity contribution in [3.8, 4) is 28.4 Å². The van der Waals surface area contributed by atoms with Crippen LogP contribution in [0.25, 0.3) is 11.1 Å². The van der Waals surface area contributed by atoms with Crippen molar-refractivity contribution in [2.75, 3.05) is 33.9 Å². The van der Waals surface area contributed by atoms with Gasteiger partial charge in [0, 0.05) is 56.1 Å². The second kappa shape index (κ2) is 14.8. The van der Waals surface area contributed by atoms with Crippen LogP contribution in [0, 0.1) is 5.82 Å². The summed E-state index contributed by atoms with van der Waals surface area (Å²) in [5.41, 5.74) is 2.16. The summed E-state index contributed by atoms with van der Waals surface area (Å²) in [4.78, 5) is 52.5. The molecule has 5 rings (SSSR count). The largest absolute Gasteiger partial charge is 0.496 e. The summed E-state index contributed by atoms with van der Waals surface area (Å²) in [6.07, 6.45) is 0.359. The molecule has 0 unspecified atom stereocenters. The highest BCUT2D eigenvalue weighted by Crippen LogP contribution is 2.33. The zero-order valence-corrected chi connectivity index (χ0v) is 25.7. The average molecular weight is 634 g/mol. The Morgan fingerprint density at radius 1 is 1.00 bits per heavy atom. The number of hydrogen-bond donors (Lipinski definition) is 2. The first-order chi connectivity index (χ1) is 22.2. The molecule has 3 amide bonds. The molecule has 46 heavy (non-hydrogen) atoms. The minimum absolute atomic E-state index is 0.0398. The quantitative estimate of drug-likeness (QED) is 0.408. The first-order valence-electron chi connectivity index (χ1n) is 15.0. The number of ether oxygens (including phenoxy) is 4. The molecule has 12 heteroatoms. The third-order valence-corrected chi connectivity index (χ3v) is 7.90. The minimum atomic E-state index is -0.651. The van der Waals surface area contributed by atoms with Gasteiger partial charge in [-0.3, -0.25) is 19.2 Å². The van der Waals surface area contributed by atoms with Gasteiger partial charge in [-0.15, -0.1) is 0 Å². The summed E-state index contributed by atoms with van der Waals surface area (Å²) in [5, 5.41) is 5.77. The van der Waals surface area contributed by atoms with Crippen LogP contribution in [0.1, 0.15) is 41.6 Å². The molecular formula is C34H36FN3O8. The molecular weight excluding hydrogens is 597 g/mol. The molecule has 242 valence electrons. The van der Waals surface area contributed by atoms with E-state index in [9.17, 15) is 23.6 Å². The van der Waals surface area contributed by atoms with E-state index in [0.29, 0.717) is 53.1 Å². The fraction of sp³-hybridized carbons (Fsp3) is 0.353. The number of amides is 3. The van der Waals surface area contributed by atoms with E-state index in [1.54, 1.807) is 47.4 Å². The summed E-state index contributed by atoms with van der Waals surface area (Å²) in [6.45, 7) is 0.269. The summed E-state index contributed by atoms with van der Waals surface area (Å²) in [7, 11) is 2.83. The summed E-state index contributed by atoms with van der Waals surface area (Å²) >= 11 is 0. The molecule has 0 radical (unpaired) electrons.